The lowest BCUT2D eigenvalue weighted by molar-refractivity contribution is 0.0947. The lowest BCUT2D eigenvalue weighted by Crippen LogP contribution is -2.28. The monoisotopic (exact) mass is 401 g/mol. The molecule has 6 heteroatoms. The van der Waals surface area contributed by atoms with Gasteiger partial charge in [0.1, 0.15) is 30.4 Å². The summed E-state index contributed by atoms with van der Waals surface area (Å²) < 4.78 is 13.4. The van der Waals surface area contributed by atoms with Gasteiger partial charge in [0.2, 0.25) is 0 Å². The van der Waals surface area contributed by atoms with E-state index in [-0.39, 0.29) is 5.91 Å². The molecule has 0 bridgehead atoms. The van der Waals surface area contributed by atoms with E-state index in [0.717, 1.165) is 22.7 Å². The first-order chi connectivity index (χ1) is 14.7. The minimum atomic E-state index is -0.144. The summed E-state index contributed by atoms with van der Waals surface area (Å²) in [5.74, 6) is 1.34. The minimum Gasteiger partial charge on any atom is -0.492 e. The topological polar surface area (TPSA) is 64.9 Å². The van der Waals surface area contributed by atoms with Gasteiger partial charge in [0.25, 0.3) is 5.91 Å². The second kappa shape index (κ2) is 9.13. The van der Waals surface area contributed by atoms with E-state index >= 15 is 0 Å². The van der Waals surface area contributed by atoms with Crippen LogP contribution >= 0.6 is 0 Å². The fraction of sp³-hybridized carbons (Fsp3) is 0.167. The summed E-state index contributed by atoms with van der Waals surface area (Å²) in [6.07, 6.45) is 3.89. The van der Waals surface area contributed by atoms with Crippen molar-refractivity contribution in [3.63, 3.8) is 0 Å². The van der Waals surface area contributed by atoms with E-state index in [2.05, 4.69) is 10.3 Å². The van der Waals surface area contributed by atoms with E-state index in [9.17, 15) is 4.79 Å². The summed E-state index contributed by atoms with van der Waals surface area (Å²) in [6.45, 7) is 3.22. The molecule has 152 valence electrons. The second-order valence-electron chi connectivity index (χ2n) is 6.93. The zero-order valence-corrected chi connectivity index (χ0v) is 16.7. The Balaban J connectivity index is 1.23. The molecule has 1 N–H and O–H groups in total. The van der Waals surface area contributed by atoms with Crippen molar-refractivity contribution in [2.45, 2.75) is 13.5 Å². The van der Waals surface area contributed by atoms with Gasteiger partial charge in [-0.25, -0.2) is 4.98 Å². The molecule has 0 saturated carbocycles. The number of hydrogen-bond acceptors (Lipinski definition) is 4. The number of rotatable bonds is 8. The first kappa shape index (κ1) is 19.5. The second-order valence-corrected chi connectivity index (χ2v) is 6.93. The molecule has 0 unspecified atom stereocenters. The van der Waals surface area contributed by atoms with Crippen molar-refractivity contribution in [3.05, 3.63) is 95.9 Å². The van der Waals surface area contributed by atoms with Gasteiger partial charge >= 0.3 is 0 Å². The SMILES string of the molecule is Cc1cccc(OCCNC(=O)c2ccc(OCc3cn4ccccc4n3)cc2)c1. The van der Waals surface area contributed by atoms with Gasteiger partial charge in [-0.15, -0.1) is 0 Å². The molecule has 0 aliphatic rings. The van der Waals surface area contributed by atoms with E-state index in [1.165, 1.54) is 0 Å². The number of aryl methyl sites for hydroxylation is 1. The van der Waals surface area contributed by atoms with Gasteiger partial charge in [0, 0.05) is 18.0 Å². The summed E-state index contributed by atoms with van der Waals surface area (Å²) in [5.41, 5.74) is 3.44. The highest BCUT2D eigenvalue weighted by atomic mass is 16.5. The van der Waals surface area contributed by atoms with Gasteiger partial charge in [0.05, 0.1) is 12.2 Å². The molecule has 2 aromatic heterocycles. The van der Waals surface area contributed by atoms with Crippen molar-refractivity contribution in [2.75, 3.05) is 13.2 Å². The maximum absolute atomic E-state index is 12.3. The Labute approximate surface area is 175 Å². The third kappa shape index (κ3) is 4.97. The zero-order chi connectivity index (χ0) is 20.8. The number of nitrogens with zero attached hydrogens (tertiary/aromatic N) is 2. The van der Waals surface area contributed by atoms with Crippen molar-refractivity contribution >= 4 is 11.6 Å². The van der Waals surface area contributed by atoms with Gasteiger partial charge in [-0.1, -0.05) is 18.2 Å². The third-order valence-corrected chi connectivity index (χ3v) is 4.56. The largest absolute Gasteiger partial charge is 0.492 e. The Kier molecular flexibility index (Phi) is 5.94. The molecule has 2 aromatic carbocycles. The normalized spacial score (nSPS) is 10.7. The van der Waals surface area contributed by atoms with E-state index in [1.807, 2.05) is 66.2 Å². The maximum Gasteiger partial charge on any atom is 0.251 e. The fourth-order valence-electron chi connectivity index (χ4n) is 3.06. The number of ether oxygens (including phenoxy) is 2. The van der Waals surface area contributed by atoms with Gasteiger partial charge < -0.3 is 19.2 Å². The molecule has 6 nitrogen and oxygen atoms in total. The highest BCUT2D eigenvalue weighted by Gasteiger charge is 2.06. The number of hydrogen-bond donors (Lipinski definition) is 1. The summed E-state index contributed by atoms with van der Waals surface area (Å²) in [5, 5.41) is 2.86. The smallest absolute Gasteiger partial charge is 0.251 e. The number of carbonyl (C=O) groups excluding carboxylic acids is 1. The van der Waals surface area contributed by atoms with Crippen LogP contribution in [0.5, 0.6) is 11.5 Å². The van der Waals surface area contributed by atoms with E-state index in [4.69, 9.17) is 9.47 Å². The van der Waals surface area contributed by atoms with Crippen LogP contribution in [-0.2, 0) is 6.61 Å². The highest BCUT2D eigenvalue weighted by Crippen LogP contribution is 2.15. The highest BCUT2D eigenvalue weighted by molar-refractivity contribution is 5.94. The van der Waals surface area contributed by atoms with Gasteiger partial charge in [0.15, 0.2) is 0 Å². The molecule has 0 fully saturated rings. The quantitative estimate of drug-likeness (QED) is 0.453. The first-order valence-electron chi connectivity index (χ1n) is 9.80. The molecule has 0 radical (unpaired) electrons. The van der Waals surface area contributed by atoms with Crippen LogP contribution < -0.4 is 14.8 Å². The van der Waals surface area contributed by atoms with E-state index < -0.39 is 0 Å². The summed E-state index contributed by atoms with van der Waals surface area (Å²) >= 11 is 0. The Bertz CT molecular complexity index is 1100. The minimum absolute atomic E-state index is 0.144. The molecule has 2 heterocycles. The molecule has 0 saturated heterocycles. The molecule has 0 spiro atoms. The Morgan fingerprint density at radius 3 is 2.67 bits per heavy atom. The zero-order valence-electron chi connectivity index (χ0n) is 16.7. The predicted octanol–water partition coefficient (Wildman–Crippen LogP) is 4.03. The van der Waals surface area contributed by atoms with Crippen molar-refractivity contribution < 1.29 is 14.3 Å². The van der Waals surface area contributed by atoms with Crippen LogP contribution in [0.25, 0.3) is 5.65 Å². The number of pyridine rings is 1. The van der Waals surface area contributed by atoms with Gasteiger partial charge in [-0.05, 0) is 61.0 Å². The van der Waals surface area contributed by atoms with Crippen LogP contribution in [0.2, 0.25) is 0 Å². The molecule has 4 aromatic rings. The fourth-order valence-corrected chi connectivity index (χ4v) is 3.06. The number of nitrogens with one attached hydrogen (secondary N) is 1. The number of benzene rings is 2. The Morgan fingerprint density at radius 2 is 1.87 bits per heavy atom. The van der Waals surface area contributed by atoms with Crippen molar-refractivity contribution in [1.29, 1.82) is 0 Å². The van der Waals surface area contributed by atoms with E-state index in [1.54, 1.807) is 24.3 Å². The molecule has 30 heavy (non-hydrogen) atoms. The van der Waals surface area contributed by atoms with Crippen LogP contribution in [0, 0.1) is 6.92 Å². The third-order valence-electron chi connectivity index (χ3n) is 4.56. The summed E-state index contributed by atoms with van der Waals surface area (Å²) in [7, 11) is 0. The Morgan fingerprint density at radius 1 is 1.00 bits per heavy atom. The molecule has 0 aliphatic carbocycles. The predicted molar refractivity (Wildman–Crippen MR) is 115 cm³/mol. The lowest BCUT2D eigenvalue weighted by atomic mass is 10.2. The van der Waals surface area contributed by atoms with Gasteiger partial charge in [-0.3, -0.25) is 4.79 Å². The summed E-state index contributed by atoms with van der Waals surface area (Å²) in [6, 6.07) is 20.7. The molecule has 4 rings (SSSR count). The van der Waals surface area contributed by atoms with Crippen molar-refractivity contribution in [2.24, 2.45) is 0 Å². The van der Waals surface area contributed by atoms with E-state index in [0.29, 0.717) is 31.1 Å². The average molecular weight is 401 g/mol. The first-order valence-corrected chi connectivity index (χ1v) is 9.80. The maximum atomic E-state index is 12.3. The van der Waals surface area contributed by atoms with Crippen molar-refractivity contribution in [1.82, 2.24) is 14.7 Å². The number of amides is 1. The number of fused-ring (bicyclic) bond motifs is 1. The Hall–Kier alpha value is -3.80. The van der Waals surface area contributed by atoms with Crippen LogP contribution in [0.3, 0.4) is 0 Å². The molecular weight excluding hydrogens is 378 g/mol. The lowest BCUT2D eigenvalue weighted by Gasteiger charge is -2.09. The van der Waals surface area contributed by atoms with Crippen LogP contribution in [0.15, 0.2) is 79.1 Å². The van der Waals surface area contributed by atoms with Crippen molar-refractivity contribution in [3.8, 4) is 11.5 Å². The number of imidazole rings is 1. The molecular formula is C24H23N3O3. The number of aromatic nitrogens is 2. The number of carbonyl (C=O) groups is 1. The van der Waals surface area contributed by atoms with Gasteiger partial charge in [-0.2, -0.15) is 0 Å². The molecule has 1 amide bonds. The van der Waals surface area contributed by atoms with Crippen LogP contribution in [-0.4, -0.2) is 28.4 Å². The van der Waals surface area contributed by atoms with Crippen LogP contribution in [0.1, 0.15) is 21.6 Å². The van der Waals surface area contributed by atoms with Crippen LogP contribution in [0.4, 0.5) is 0 Å². The summed E-state index contributed by atoms with van der Waals surface area (Å²) in [4.78, 5) is 16.8. The molecule has 0 aliphatic heterocycles. The standard InChI is InChI=1S/C24H23N3O3/c1-18-5-4-6-22(15-18)29-14-12-25-24(28)19-8-10-21(11-9-19)30-17-20-16-27-13-3-2-7-23(27)26-20/h2-11,13,15-16H,12,14,17H2,1H3,(H,25,28). The molecule has 0 atom stereocenters. The average Bonchev–Trinajstić information content (AvgIpc) is 3.19.